The van der Waals surface area contributed by atoms with Crippen LogP contribution in [0.3, 0.4) is 0 Å². The van der Waals surface area contributed by atoms with Crippen LogP contribution in [0.4, 0.5) is 0 Å². The molecule has 0 spiro atoms. The number of benzene rings is 1. The summed E-state index contributed by atoms with van der Waals surface area (Å²) >= 11 is 0. The van der Waals surface area contributed by atoms with Crippen LogP contribution in [0, 0.1) is 18.8 Å². The molecule has 0 saturated heterocycles. The Morgan fingerprint density at radius 1 is 1.50 bits per heavy atom. The first-order valence-corrected chi connectivity index (χ1v) is 4.36. The van der Waals surface area contributed by atoms with Gasteiger partial charge in [-0.3, -0.25) is 4.79 Å². The Balaban J connectivity index is 3.07. The van der Waals surface area contributed by atoms with Crippen molar-refractivity contribution >= 4 is 5.78 Å². The molecule has 1 aromatic carbocycles. The lowest BCUT2D eigenvalue weighted by Crippen LogP contribution is -1.93. The van der Waals surface area contributed by atoms with Gasteiger partial charge in [0.2, 0.25) is 0 Å². The van der Waals surface area contributed by atoms with Gasteiger partial charge in [-0.25, -0.2) is 0 Å². The van der Waals surface area contributed by atoms with Crippen molar-refractivity contribution in [2.24, 2.45) is 0 Å². The van der Waals surface area contributed by atoms with Crippen LogP contribution in [0.25, 0.3) is 0 Å². The third-order valence-corrected chi connectivity index (χ3v) is 1.94. The van der Waals surface area contributed by atoms with Gasteiger partial charge in [-0.1, -0.05) is 17.9 Å². The number of aliphatic hydroxyl groups is 1. The van der Waals surface area contributed by atoms with Crippen molar-refractivity contribution in [3.05, 3.63) is 34.9 Å². The molecular formula is C12H12O2. The zero-order chi connectivity index (χ0) is 10.6. The van der Waals surface area contributed by atoms with Crippen molar-refractivity contribution in [1.82, 2.24) is 0 Å². The number of Topliss-reactive ketones (excluding diaryl/α,β-unsaturated/α-hetero) is 1. The summed E-state index contributed by atoms with van der Waals surface area (Å²) in [6.07, 6.45) is 0. The van der Waals surface area contributed by atoms with Crippen LogP contribution in [0.2, 0.25) is 0 Å². The maximum atomic E-state index is 11.0. The molecule has 0 fully saturated rings. The Bertz CT molecular complexity index is 408. The maximum Gasteiger partial charge on any atom is 0.159 e. The molecular weight excluding hydrogens is 176 g/mol. The van der Waals surface area contributed by atoms with E-state index in [2.05, 4.69) is 11.8 Å². The fourth-order valence-corrected chi connectivity index (χ4v) is 1.16. The van der Waals surface area contributed by atoms with Crippen molar-refractivity contribution in [3.63, 3.8) is 0 Å². The minimum Gasteiger partial charge on any atom is -0.384 e. The summed E-state index contributed by atoms with van der Waals surface area (Å²) in [6.45, 7) is 3.29. The number of carbonyl (C=O) groups excluding carboxylic acids is 1. The van der Waals surface area contributed by atoms with E-state index in [4.69, 9.17) is 5.11 Å². The van der Waals surface area contributed by atoms with Gasteiger partial charge in [-0.2, -0.15) is 0 Å². The predicted octanol–water partition coefficient (Wildman–Crippen LogP) is 1.54. The lowest BCUT2D eigenvalue weighted by Gasteiger charge is -2.00. The molecule has 0 aliphatic rings. The minimum atomic E-state index is -0.145. The Kier molecular flexibility index (Phi) is 3.44. The average Bonchev–Trinajstić information content (AvgIpc) is 2.15. The van der Waals surface area contributed by atoms with Gasteiger partial charge in [0.25, 0.3) is 0 Å². The molecule has 0 aromatic heterocycles. The lowest BCUT2D eigenvalue weighted by molar-refractivity contribution is 0.101. The van der Waals surface area contributed by atoms with Gasteiger partial charge < -0.3 is 5.11 Å². The van der Waals surface area contributed by atoms with E-state index in [1.54, 1.807) is 12.1 Å². The number of hydrogen-bond acceptors (Lipinski definition) is 2. The quantitative estimate of drug-likeness (QED) is 0.536. The first-order valence-electron chi connectivity index (χ1n) is 4.36. The molecule has 2 nitrogen and oxygen atoms in total. The van der Waals surface area contributed by atoms with Crippen LogP contribution in [0.5, 0.6) is 0 Å². The zero-order valence-corrected chi connectivity index (χ0v) is 8.29. The van der Waals surface area contributed by atoms with Crippen molar-refractivity contribution in [2.75, 3.05) is 6.61 Å². The van der Waals surface area contributed by atoms with E-state index in [-0.39, 0.29) is 12.4 Å². The minimum absolute atomic E-state index is 0.0507. The third kappa shape index (κ3) is 2.45. The summed E-state index contributed by atoms with van der Waals surface area (Å²) in [6, 6.07) is 5.36. The highest BCUT2D eigenvalue weighted by molar-refractivity contribution is 5.94. The molecule has 0 amide bonds. The summed E-state index contributed by atoms with van der Waals surface area (Å²) in [5, 5.41) is 8.53. The number of rotatable bonds is 1. The number of aliphatic hydroxyl groups excluding tert-OH is 1. The Hall–Kier alpha value is -1.59. The van der Waals surface area contributed by atoms with E-state index in [1.165, 1.54) is 6.92 Å². The van der Waals surface area contributed by atoms with Gasteiger partial charge in [0, 0.05) is 11.1 Å². The monoisotopic (exact) mass is 188 g/mol. The summed E-state index contributed by atoms with van der Waals surface area (Å²) in [5.41, 5.74) is 2.50. The summed E-state index contributed by atoms with van der Waals surface area (Å²) in [5.74, 6) is 5.44. The largest absolute Gasteiger partial charge is 0.384 e. The molecule has 2 heteroatoms. The molecule has 72 valence electrons. The van der Waals surface area contributed by atoms with E-state index < -0.39 is 0 Å². The highest BCUT2D eigenvalue weighted by Gasteiger charge is 2.01. The van der Waals surface area contributed by atoms with Crippen LogP contribution < -0.4 is 0 Å². The molecule has 1 aromatic rings. The van der Waals surface area contributed by atoms with E-state index in [0.29, 0.717) is 5.56 Å². The fraction of sp³-hybridized carbons (Fsp3) is 0.250. The molecule has 1 rings (SSSR count). The molecule has 0 aliphatic heterocycles. The topological polar surface area (TPSA) is 37.3 Å². The number of ketones is 1. The van der Waals surface area contributed by atoms with Gasteiger partial charge in [-0.05, 0) is 31.5 Å². The first-order chi connectivity index (χ1) is 6.65. The average molecular weight is 188 g/mol. The first kappa shape index (κ1) is 10.5. The highest BCUT2D eigenvalue weighted by atomic mass is 16.2. The predicted molar refractivity (Wildman–Crippen MR) is 55.1 cm³/mol. The summed E-state index contributed by atoms with van der Waals surface area (Å²) in [4.78, 5) is 11.0. The molecule has 0 atom stereocenters. The van der Waals surface area contributed by atoms with E-state index in [0.717, 1.165) is 11.1 Å². The van der Waals surface area contributed by atoms with Crippen LogP contribution in [0.15, 0.2) is 18.2 Å². The van der Waals surface area contributed by atoms with Gasteiger partial charge in [0.05, 0.1) is 0 Å². The molecule has 0 unspecified atom stereocenters. The van der Waals surface area contributed by atoms with Gasteiger partial charge in [0.15, 0.2) is 5.78 Å². The molecule has 0 bridgehead atoms. The Labute approximate surface area is 83.6 Å². The molecule has 0 heterocycles. The van der Waals surface area contributed by atoms with Crippen LogP contribution >= 0.6 is 0 Å². The Morgan fingerprint density at radius 2 is 2.21 bits per heavy atom. The van der Waals surface area contributed by atoms with E-state index in [9.17, 15) is 4.79 Å². The normalized spacial score (nSPS) is 9.07. The van der Waals surface area contributed by atoms with Crippen molar-refractivity contribution in [3.8, 4) is 11.8 Å². The van der Waals surface area contributed by atoms with Crippen LogP contribution in [0.1, 0.15) is 28.4 Å². The van der Waals surface area contributed by atoms with E-state index >= 15 is 0 Å². The third-order valence-electron chi connectivity index (χ3n) is 1.94. The van der Waals surface area contributed by atoms with Crippen molar-refractivity contribution < 1.29 is 9.90 Å². The summed E-state index contributed by atoms with van der Waals surface area (Å²) < 4.78 is 0. The standard InChI is InChI=1S/C12H12O2/c1-9-8-12(10(2)14)6-5-11(9)4-3-7-13/h5-6,8,13H,7H2,1-2H3. The van der Waals surface area contributed by atoms with Gasteiger partial charge in [0.1, 0.15) is 6.61 Å². The second-order valence-electron chi connectivity index (χ2n) is 3.05. The number of hydrogen-bond donors (Lipinski definition) is 1. The fourth-order valence-electron chi connectivity index (χ4n) is 1.16. The maximum absolute atomic E-state index is 11.0. The molecule has 0 aliphatic carbocycles. The van der Waals surface area contributed by atoms with Crippen LogP contribution in [-0.4, -0.2) is 17.5 Å². The second kappa shape index (κ2) is 4.59. The smallest absolute Gasteiger partial charge is 0.159 e. The van der Waals surface area contributed by atoms with Crippen molar-refractivity contribution in [2.45, 2.75) is 13.8 Å². The van der Waals surface area contributed by atoms with Crippen LogP contribution in [-0.2, 0) is 0 Å². The molecule has 1 N–H and O–H groups in total. The molecule has 0 radical (unpaired) electrons. The van der Waals surface area contributed by atoms with Gasteiger partial charge >= 0.3 is 0 Å². The zero-order valence-electron chi connectivity index (χ0n) is 8.29. The SMILES string of the molecule is CC(=O)c1ccc(C#CCO)c(C)c1. The highest BCUT2D eigenvalue weighted by Crippen LogP contribution is 2.10. The molecule has 0 saturated carbocycles. The van der Waals surface area contributed by atoms with Crippen molar-refractivity contribution in [1.29, 1.82) is 0 Å². The number of carbonyl (C=O) groups is 1. The van der Waals surface area contributed by atoms with E-state index in [1.807, 2.05) is 13.0 Å². The second-order valence-corrected chi connectivity index (χ2v) is 3.05. The lowest BCUT2D eigenvalue weighted by atomic mass is 10.0. The summed E-state index contributed by atoms with van der Waals surface area (Å²) in [7, 11) is 0. The number of aryl methyl sites for hydroxylation is 1. The van der Waals surface area contributed by atoms with Gasteiger partial charge in [-0.15, -0.1) is 0 Å². The molecule has 14 heavy (non-hydrogen) atoms. The Morgan fingerprint density at radius 3 is 2.71 bits per heavy atom.